The van der Waals surface area contributed by atoms with Crippen molar-refractivity contribution in [1.29, 1.82) is 0 Å². The topological polar surface area (TPSA) is 49.3 Å². The number of amides is 1. The predicted molar refractivity (Wildman–Crippen MR) is 47.9 cm³/mol. The van der Waals surface area contributed by atoms with Crippen LogP contribution in [0.1, 0.15) is 27.7 Å². The van der Waals surface area contributed by atoms with Crippen molar-refractivity contribution in [3.8, 4) is 11.8 Å². The summed E-state index contributed by atoms with van der Waals surface area (Å²) >= 11 is 0. The molecule has 3 nitrogen and oxygen atoms in total. The van der Waals surface area contributed by atoms with E-state index < -0.39 is 6.09 Å². The summed E-state index contributed by atoms with van der Waals surface area (Å²) in [6.07, 6.45) is -1.04. The van der Waals surface area contributed by atoms with Crippen LogP contribution >= 0.6 is 0 Å². The molecule has 0 aliphatic rings. The van der Waals surface area contributed by atoms with E-state index in [0.29, 0.717) is 0 Å². The van der Waals surface area contributed by atoms with Gasteiger partial charge in [-0.1, -0.05) is 11.8 Å². The van der Waals surface area contributed by atoms with Gasteiger partial charge in [-0.3, -0.25) is 0 Å². The molecule has 0 saturated heterocycles. The van der Waals surface area contributed by atoms with Crippen LogP contribution in [-0.4, -0.2) is 17.2 Å². The second-order valence-electron chi connectivity index (χ2n) is 3.69. The summed E-state index contributed by atoms with van der Waals surface area (Å²) in [6.45, 7) is 7.65. The Labute approximate surface area is 73.2 Å². The van der Waals surface area contributed by atoms with Gasteiger partial charge in [0.2, 0.25) is 0 Å². The van der Waals surface area contributed by atoms with Gasteiger partial charge in [0.25, 0.3) is 0 Å². The summed E-state index contributed by atoms with van der Waals surface area (Å²) in [6, 6.07) is -0.304. The first-order chi connectivity index (χ1) is 5.31. The number of carbonyl (C=O) groups is 1. The summed E-state index contributed by atoms with van der Waals surface area (Å²) in [4.78, 5) is 10.2. The van der Waals surface area contributed by atoms with Gasteiger partial charge in [0.05, 0.1) is 6.04 Å². The van der Waals surface area contributed by atoms with Crippen LogP contribution in [0, 0.1) is 17.3 Å². The first-order valence-corrected chi connectivity index (χ1v) is 3.83. The Morgan fingerprint density at radius 2 is 2.00 bits per heavy atom. The quantitative estimate of drug-likeness (QED) is 0.587. The van der Waals surface area contributed by atoms with Crippen molar-refractivity contribution < 1.29 is 9.90 Å². The normalized spacial score (nSPS) is 12.7. The smallest absolute Gasteiger partial charge is 0.405 e. The molecule has 0 rings (SSSR count). The fourth-order valence-corrected chi connectivity index (χ4v) is 0.546. The van der Waals surface area contributed by atoms with Crippen LogP contribution in [0.25, 0.3) is 0 Å². The fourth-order valence-electron chi connectivity index (χ4n) is 0.546. The maximum absolute atomic E-state index is 10.2. The molecule has 0 saturated carbocycles. The molecule has 0 unspecified atom stereocenters. The summed E-state index contributed by atoms with van der Waals surface area (Å²) in [5.74, 6) is 5.76. The molecule has 0 aromatic carbocycles. The lowest BCUT2D eigenvalue weighted by Crippen LogP contribution is -2.29. The largest absolute Gasteiger partial charge is 0.465 e. The van der Waals surface area contributed by atoms with Crippen molar-refractivity contribution >= 4 is 6.09 Å². The molecule has 0 heterocycles. The standard InChI is InChI=1S/C9H15NO2/c1-7(10-8(11)12)5-6-9(2,3)4/h7,10H,1-4H3,(H,11,12)/t7-/m1/s1. The zero-order chi connectivity index (χ0) is 9.78. The minimum absolute atomic E-state index is 0.0750. The maximum atomic E-state index is 10.2. The van der Waals surface area contributed by atoms with Crippen molar-refractivity contribution in [3.05, 3.63) is 0 Å². The van der Waals surface area contributed by atoms with Crippen LogP contribution in [0.15, 0.2) is 0 Å². The molecule has 0 aliphatic heterocycles. The van der Waals surface area contributed by atoms with Crippen molar-refractivity contribution in [1.82, 2.24) is 5.32 Å². The molecular formula is C9H15NO2. The van der Waals surface area contributed by atoms with Crippen molar-refractivity contribution in [2.45, 2.75) is 33.7 Å². The zero-order valence-corrected chi connectivity index (χ0v) is 7.93. The molecule has 1 atom stereocenters. The van der Waals surface area contributed by atoms with E-state index in [1.807, 2.05) is 20.8 Å². The molecule has 12 heavy (non-hydrogen) atoms. The van der Waals surface area contributed by atoms with Crippen LogP contribution in [0.3, 0.4) is 0 Å². The summed E-state index contributed by atoms with van der Waals surface area (Å²) in [5.41, 5.74) is -0.0750. The Bertz CT molecular complexity index is 217. The van der Waals surface area contributed by atoms with Crippen molar-refractivity contribution in [2.75, 3.05) is 0 Å². The third-order valence-corrected chi connectivity index (χ3v) is 1.00. The molecule has 0 bridgehead atoms. The second-order valence-corrected chi connectivity index (χ2v) is 3.69. The monoisotopic (exact) mass is 169 g/mol. The highest BCUT2D eigenvalue weighted by Crippen LogP contribution is 2.09. The van der Waals surface area contributed by atoms with Crippen molar-refractivity contribution in [3.63, 3.8) is 0 Å². The number of hydrogen-bond donors (Lipinski definition) is 2. The SMILES string of the molecule is C[C@H](C#CC(C)(C)C)NC(=O)O. The van der Waals surface area contributed by atoms with Crippen LogP contribution in [0.4, 0.5) is 4.79 Å². The van der Waals surface area contributed by atoms with E-state index in [9.17, 15) is 4.79 Å². The molecule has 3 heteroatoms. The van der Waals surface area contributed by atoms with Gasteiger partial charge in [-0.25, -0.2) is 4.79 Å². The zero-order valence-electron chi connectivity index (χ0n) is 7.93. The van der Waals surface area contributed by atoms with E-state index in [1.165, 1.54) is 0 Å². The van der Waals surface area contributed by atoms with Gasteiger partial charge in [0.1, 0.15) is 0 Å². The molecule has 0 aliphatic carbocycles. The van der Waals surface area contributed by atoms with Gasteiger partial charge in [-0.05, 0) is 27.7 Å². The van der Waals surface area contributed by atoms with E-state index in [4.69, 9.17) is 5.11 Å². The Morgan fingerprint density at radius 1 is 1.50 bits per heavy atom. The third kappa shape index (κ3) is 6.94. The fraction of sp³-hybridized carbons (Fsp3) is 0.667. The molecule has 0 fully saturated rings. The summed E-state index contributed by atoms with van der Waals surface area (Å²) in [5, 5.41) is 10.6. The highest BCUT2D eigenvalue weighted by Gasteiger charge is 2.05. The second kappa shape index (κ2) is 4.01. The van der Waals surface area contributed by atoms with Gasteiger partial charge in [-0.15, -0.1) is 0 Å². The molecule has 1 amide bonds. The summed E-state index contributed by atoms with van der Waals surface area (Å²) in [7, 11) is 0. The van der Waals surface area contributed by atoms with E-state index in [2.05, 4.69) is 17.2 Å². The highest BCUT2D eigenvalue weighted by molar-refractivity contribution is 5.65. The van der Waals surface area contributed by atoms with E-state index >= 15 is 0 Å². The van der Waals surface area contributed by atoms with Gasteiger partial charge < -0.3 is 10.4 Å². The predicted octanol–water partition coefficient (Wildman–Crippen LogP) is 1.69. The molecule has 68 valence electrons. The lowest BCUT2D eigenvalue weighted by molar-refractivity contribution is 0.193. The van der Waals surface area contributed by atoms with Crippen LogP contribution in [-0.2, 0) is 0 Å². The van der Waals surface area contributed by atoms with Gasteiger partial charge in [-0.2, -0.15) is 0 Å². The summed E-state index contributed by atoms with van der Waals surface area (Å²) < 4.78 is 0. The number of carboxylic acid groups (broad SMARTS) is 1. The maximum Gasteiger partial charge on any atom is 0.405 e. The minimum atomic E-state index is -1.04. The first-order valence-electron chi connectivity index (χ1n) is 3.83. The molecule has 0 radical (unpaired) electrons. The highest BCUT2D eigenvalue weighted by atomic mass is 16.4. The third-order valence-electron chi connectivity index (χ3n) is 1.00. The lowest BCUT2D eigenvalue weighted by atomic mass is 9.97. The average Bonchev–Trinajstić information content (AvgIpc) is 1.80. The molecule has 2 N–H and O–H groups in total. The molecule has 0 aromatic rings. The van der Waals surface area contributed by atoms with Crippen LogP contribution in [0.5, 0.6) is 0 Å². The Hall–Kier alpha value is -1.17. The Balaban J connectivity index is 4.04. The number of hydrogen-bond acceptors (Lipinski definition) is 1. The van der Waals surface area contributed by atoms with Crippen LogP contribution < -0.4 is 5.32 Å². The Morgan fingerprint density at radius 3 is 2.33 bits per heavy atom. The Kier molecular flexibility index (Phi) is 3.62. The molecule has 0 spiro atoms. The molecule has 0 aromatic heterocycles. The lowest BCUT2D eigenvalue weighted by Gasteiger charge is -2.08. The first kappa shape index (κ1) is 10.8. The molecular weight excluding hydrogens is 154 g/mol. The van der Waals surface area contributed by atoms with Gasteiger partial charge >= 0.3 is 6.09 Å². The van der Waals surface area contributed by atoms with E-state index in [0.717, 1.165) is 0 Å². The van der Waals surface area contributed by atoms with E-state index in [1.54, 1.807) is 6.92 Å². The van der Waals surface area contributed by atoms with Gasteiger partial charge in [0, 0.05) is 5.41 Å². The number of nitrogens with one attached hydrogen (secondary N) is 1. The minimum Gasteiger partial charge on any atom is -0.465 e. The van der Waals surface area contributed by atoms with Crippen LogP contribution in [0.2, 0.25) is 0 Å². The number of rotatable bonds is 1. The van der Waals surface area contributed by atoms with E-state index in [-0.39, 0.29) is 11.5 Å². The van der Waals surface area contributed by atoms with Crippen molar-refractivity contribution in [2.24, 2.45) is 5.41 Å². The van der Waals surface area contributed by atoms with Gasteiger partial charge in [0.15, 0.2) is 0 Å². The average molecular weight is 169 g/mol.